The summed E-state index contributed by atoms with van der Waals surface area (Å²) in [6.07, 6.45) is 8.43. The van der Waals surface area contributed by atoms with Crippen LogP contribution in [0.15, 0.2) is 0 Å². The summed E-state index contributed by atoms with van der Waals surface area (Å²) in [5, 5.41) is 3.71. The van der Waals surface area contributed by atoms with Gasteiger partial charge in [0.25, 0.3) is 0 Å². The number of hydrogen-bond donors (Lipinski definition) is 1. The lowest BCUT2D eigenvalue weighted by atomic mass is 9.90. The van der Waals surface area contributed by atoms with Crippen molar-refractivity contribution >= 4 is 0 Å². The quantitative estimate of drug-likeness (QED) is 0.743. The second-order valence-electron chi connectivity index (χ2n) is 4.80. The SMILES string of the molecule is CCCCC1NCCN2CCCCC12. The first kappa shape index (κ1) is 10.4. The molecule has 0 aromatic carbocycles. The molecule has 0 radical (unpaired) electrons. The van der Waals surface area contributed by atoms with Gasteiger partial charge in [0.1, 0.15) is 0 Å². The van der Waals surface area contributed by atoms with Crippen molar-refractivity contribution in [3.63, 3.8) is 0 Å². The molecule has 0 aromatic heterocycles. The first-order valence-electron chi connectivity index (χ1n) is 6.39. The standard InChI is InChI=1S/C12H24N2/c1-2-3-6-11-12-7-4-5-9-14(12)10-8-13-11/h11-13H,2-10H2,1H3. The Balaban J connectivity index is 1.88. The summed E-state index contributed by atoms with van der Waals surface area (Å²) in [5.74, 6) is 0. The van der Waals surface area contributed by atoms with Gasteiger partial charge in [-0.1, -0.05) is 26.2 Å². The van der Waals surface area contributed by atoms with E-state index in [1.165, 1.54) is 58.2 Å². The van der Waals surface area contributed by atoms with Crippen LogP contribution in [0.4, 0.5) is 0 Å². The van der Waals surface area contributed by atoms with Crippen LogP contribution in [-0.2, 0) is 0 Å². The van der Waals surface area contributed by atoms with Crippen molar-refractivity contribution in [1.29, 1.82) is 0 Å². The predicted octanol–water partition coefficient (Wildman–Crippen LogP) is 2.00. The van der Waals surface area contributed by atoms with Crippen LogP contribution in [0.1, 0.15) is 45.4 Å². The molecular formula is C12H24N2. The monoisotopic (exact) mass is 196 g/mol. The molecule has 0 amide bonds. The Labute approximate surface area is 88.1 Å². The van der Waals surface area contributed by atoms with Crippen LogP contribution >= 0.6 is 0 Å². The third-order valence-electron chi connectivity index (χ3n) is 3.80. The largest absolute Gasteiger partial charge is 0.311 e. The number of hydrogen-bond acceptors (Lipinski definition) is 2. The molecule has 2 heterocycles. The van der Waals surface area contributed by atoms with E-state index in [1.54, 1.807) is 0 Å². The molecule has 0 aromatic rings. The molecule has 2 saturated heterocycles. The third kappa shape index (κ3) is 2.29. The number of fused-ring (bicyclic) bond motifs is 1. The van der Waals surface area contributed by atoms with Crippen molar-refractivity contribution in [2.75, 3.05) is 19.6 Å². The van der Waals surface area contributed by atoms with Crippen molar-refractivity contribution in [3.8, 4) is 0 Å². The maximum absolute atomic E-state index is 3.71. The maximum atomic E-state index is 3.71. The second-order valence-corrected chi connectivity index (χ2v) is 4.80. The molecule has 2 aliphatic heterocycles. The van der Waals surface area contributed by atoms with Crippen molar-refractivity contribution in [3.05, 3.63) is 0 Å². The van der Waals surface area contributed by atoms with Gasteiger partial charge in [0.15, 0.2) is 0 Å². The molecule has 0 saturated carbocycles. The summed E-state index contributed by atoms with van der Waals surface area (Å²) >= 11 is 0. The van der Waals surface area contributed by atoms with Gasteiger partial charge < -0.3 is 5.32 Å². The molecule has 2 fully saturated rings. The zero-order valence-corrected chi connectivity index (χ0v) is 9.47. The highest BCUT2D eigenvalue weighted by molar-refractivity contribution is 4.91. The summed E-state index contributed by atoms with van der Waals surface area (Å²) in [7, 11) is 0. The summed E-state index contributed by atoms with van der Waals surface area (Å²) in [5.41, 5.74) is 0. The van der Waals surface area contributed by atoms with Gasteiger partial charge in [-0.3, -0.25) is 4.90 Å². The first-order chi connectivity index (χ1) is 6.92. The lowest BCUT2D eigenvalue weighted by Crippen LogP contribution is -2.59. The Morgan fingerprint density at radius 1 is 1.29 bits per heavy atom. The average molecular weight is 196 g/mol. The van der Waals surface area contributed by atoms with Gasteiger partial charge in [0.05, 0.1) is 0 Å². The minimum atomic E-state index is 0.795. The molecule has 82 valence electrons. The summed E-state index contributed by atoms with van der Waals surface area (Å²) < 4.78 is 0. The topological polar surface area (TPSA) is 15.3 Å². The molecule has 2 atom stereocenters. The predicted molar refractivity (Wildman–Crippen MR) is 60.5 cm³/mol. The zero-order chi connectivity index (χ0) is 9.80. The minimum Gasteiger partial charge on any atom is -0.311 e. The smallest absolute Gasteiger partial charge is 0.0249 e. The molecule has 0 aliphatic carbocycles. The summed E-state index contributed by atoms with van der Waals surface area (Å²) in [6, 6.07) is 1.66. The van der Waals surface area contributed by atoms with Crippen LogP contribution in [0.3, 0.4) is 0 Å². The first-order valence-corrected chi connectivity index (χ1v) is 6.39. The molecule has 0 spiro atoms. The normalized spacial score (nSPS) is 34.1. The van der Waals surface area contributed by atoms with Crippen LogP contribution in [0.25, 0.3) is 0 Å². The Kier molecular flexibility index (Phi) is 3.82. The Morgan fingerprint density at radius 2 is 2.21 bits per heavy atom. The highest BCUT2D eigenvalue weighted by Gasteiger charge is 2.31. The Morgan fingerprint density at radius 3 is 3.07 bits per heavy atom. The summed E-state index contributed by atoms with van der Waals surface area (Å²) in [6.45, 7) is 6.15. The van der Waals surface area contributed by atoms with E-state index in [2.05, 4.69) is 17.1 Å². The van der Waals surface area contributed by atoms with Gasteiger partial charge in [-0.25, -0.2) is 0 Å². The third-order valence-corrected chi connectivity index (χ3v) is 3.80. The van der Waals surface area contributed by atoms with Crippen LogP contribution in [-0.4, -0.2) is 36.6 Å². The number of piperazine rings is 1. The van der Waals surface area contributed by atoms with Crippen molar-refractivity contribution in [2.24, 2.45) is 0 Å². The van der Waals surface area contributed by atoms with E-state index < -0.39 is 0 Å². The fraction of sp³-hybridized carbons (Fsp3) is 1.00. The van der Waals surface area contributed by atoms with Crippen molar-refractivity contribution < 1.29 is 0 Å². The molecule has 1 N–H and O–H groups in total. The molecule has 2 nitrogen and oxygen atoms in total. The number of nitrogens with zero attached hydrogens (tertiary/aromatic N) is 1. The van der Waals surface area contributed by atoms with Gasteiger partial charge in [-0.15, -0.1) is 0 Å². The van der Waals surface area contributed by atoms with Crippen LogP contribution in [0.5, 0.6) is 0 Å². The van der Waals surface area contributed by atoms with E-state index in [4.69, 9.17) is 0 Å². The molecule has 14 heavy (non-hydrogen) atoms. The maximum Gasteiger partial charge on any atom is 0.0249 e. The molecule has 2 heteroatoms. The Bertz CT molecular complexity index is 168. The lowest BCUT2D eigenvalue weighted by Gasteiger charge is -2.45. The number of rotatable bonds is 3. The molecule has 2 rings (SSSR count). The van der Waals surface area contributed by atoms with Gasteiger partial charge in [-0.05, 0) is 25.8 Å². The molecule has 2 aliphatic rings. The van der Waals surface area contributed by atoms with Crippen LogP contribution < -0.4 is 5.32 Å². The van der Waals surface area contributed by atoms with Crippen LogP contribution in [0, 0.1) is 0 Å². The fourth-order valence-electron chi connectivity index (χ4n) is 3.00. The van der Waals surface area contributed by atoms with E-state index in [0.29, 0.717) is 0 Å². The molecule has 0 bridgehead atoms. The highest BCUT2D eigenvalue weighted by atomic mass is 15.2. The van der Waals surface area contributed by atoms with Crippen LogP contribution in [0.2, 0.25) is 0 Å². The van der Waals surface area contributed by atoms with E-state index in [9.17, 15) is 0 Å². The minimum absolute atomic E-state index is 0.795. The highest BCUT2D eigenvalue weighted by Crippen LogP contribution is 2.24. The molecular weight excluding hydrogens is 172 g/mol. The van der Waals surface area contributed by atoms with E-state index in [0.717, 1.165) is 12.1 Å². The van der Waals surface area contributed by atoms with E-state index in [1.807, 2.05) is 0 Å². The summed E-state index contributed by atoms with van der Waals surface area (Å²) in [4.78, 5) is 2.72. The number of unbranched alkanes of at least 4 members (excludes halogenated alkanes) is 1. The fourth-order valence-corrected chi connectivity index (χ4v) is 3.00. The van der Waals surface area contributed by atoms with Crippen molar-refractivity contribution in [1.82, 2.24) is 10.2 Å². The van der Waals surface area contributed by atoms with Gasteiger partial charge >= 0.3 is 0 Å². The van der Waals surface area contributed by atoms with Gasteiger partial charge in [0, 0.05) is 25.2 Å². The Hall–Kier alpha value is -0.0800. The number of piperidine rings is 1. The van der Waals surface area contributed by atoms with E-state index in [-0.39, 0.29) is 0 Å². The van der Waals surface area contributed by atoms with Gasteiger partial charge in [-0.2, -0.15) is 0 Å². The van der Waals surface area contributed by atoms with Crippen molar-refractivity contribution in [2.45, 2.75) is 57.5 Å². The second kappa shape index (κ2) is 5.13. The number of nitrogens with one attached hydrogen (secondary N) is 1. The zero-order valence-electron chi connectivity index (χ0n) is 9.47. The lowest BCUT2D eigenvalue weighted by molar-refractivity contribution is 0.0792. The van der Waals surface area contributed by atoms with E-state index >= 15 is 0 Å². The van der Waals surface area contributed by atoms with Gasteiger partial charge in [0.2, 0.25) is 0 Å². The molecule has 2 unspecified atom stereocenters. The average Bonchev–Trinajstić information content (AvgIpc) is 2.26.